The third-order valence-electron chi connectivity index (χ3n) is 5.24. The van der Waals surface area contributed by atoms with E-state index in [0.29, 0.717) is 0 Å². The van der Waals surface area contributed by atoms with Gasteiger partial charge in [0.25, 0.3) is 0 Å². The summed E-state index contributed by atoms with van der Waals surface area (Å²) in [7, 11) is 0. The lowest BCUT2D eigenvalue weighted by Crippen LogP contribution is -2.44. The molecule has 0 radical (unpaired) electrons. The van der Waals surface area contributed by atoms with Crippen molar-refractivity contribution in [3.05, 3.63) is 53.5 Å². The fourth-order valence-corrected chi connectivity index (χ4v) is 3.90. The van der Waals surface area contributed by atoms with E-state index in [4.69, 9.17) is 4.74 Å². The maximum Gasteiger partial charge on any atom is 0.136 e. The van der Waals surface area contributed by atoms with Crippen LogP contribution in [-0.4, -0.2) is 47.2 Å². The number of rotatable bonds is 3. The van der Waals surface area contributed by atoms with Crippen LogP contribution < -0.4 is 4.90 Å². The van der Waals surface area contributed by atoms with Crippen LogP contribution in [0.2, 0.25) is 0 Å². The fourth-order valence-electron chi connectivity index (χ4n) is 3.90. The van der Waals surface area contributed by atoms with Gasteiger partial charge in [-0.05, 0) is 19.0 Å². The summed E-state index contributed by atoms with van der Waals surface area (Å²) >= 11 is 0. The van der Waals surface area contributed by atoms with E-state index in [1.807, 2.05) is 6.07 Å². The summed E-state index contributed by atoms with van der Waals surface area (Å²) < 4.78 is 6.21. The molecule has 2 aliphatic heterocycles. The second-order valence-electron chi connectivity index (χ2n) is 6.99. The van der Waals surface area contributed by atoms with Gasteiger partial charge < -0.3 is 9.64 Å². The molecular weight excluding hydrogens is 312 g/mol. The monoisotopic (exact) mass is 338 g/mol. The molecule has 5 nitrogen and oxygen atoms in total. The number of hydrogen-bond donors (Lipinski definition) is 0. The van der Waals surface area contributed by atoms with Crippen LogP contribution in [0.5, 0.6) is 0 Å². The first kappa shape index (κ1) is 16.5. The van der Waals surface area contributed by atoms with Crippen molar-refractivity contribution < 1.29 is 4.74 Å². The molecule has 0 spiro atoms. The second-order valence-corrected chi connectivity index (χ2v) is 6.99. The van der Waals surface area contributed by atoms with Crippen LogP contribution in [0.3, 0.4) is 0 Å². The molecule has 0 N–H and O–H groups in total. The molecule has 25 heavy (non-hydrogen) atoms. The van der Waals surface area contributed by atoms with E-state index in [-0.39, 0.29) is 12.2 Å². The first-order valence-electron chi connectivity index (χ1n) is 9.25. The smallest absolute Gasteiger partial charge is 0.136 e. The number of aromatic nitrogens is 2. The van der Waals surface area contributed by atoms with Crippen molar-refractivity contribution in [1.29, 1.82) is 0 Å². The van der Waals surface area contributed by atoms with Gasteiger partial charge >= 0.3 is 0 Å². The van der Waals surface area contributed by atoms with E-state index >= 15 is 0 Å². The van der Waals surface area contributed by atoms with Gasteiger partial charge in [-0.15, -0.1) is 0 Å². The predicted molar refractivity (Wildman–Crippen MR) is 98.6 cm³/mol. The van der Waals surface area contributed by atoms with Crippen LogP contribution in [0, 0.1) is 0 Å². The molecule has 1 saturated heterocycles. The Hall–Kier alpha value is -1.98. The number of anilines is 1. The van der Waals surface area contributed by atoms with Crippen LogP contribution in [0.25, 0.3) is 0 Å². The number of likely N-dealkylation sites (N-methyl/N-ethyl adjacent to an activating group) is 1. The third-order valence-corrected chi connectivity index (χ3v) is 5.24. The standard InChI is InChI=1S/C20H26N4O/c1-3-23-10-9-18-17(12-23)20(22-14-21-18)24-11-15(2)25-19(13-24)16-7-5-4-6-8-16/h4-8,14-15,19H,3,9-13H2,1-2H3/t15-,19+/m1/s1. The summed E-state index contributed by atoms with van der Waals surface area (Å²) in [5, 5.41) is 0. The Balaban J connectivity index is 1.63. The molecule has 4 rings (SSSR count). The largest absolute Gasteiger partial charge is 0.367 e. The number of morpholine rings is 1. The van der Waals surface area contributed by atoms with Crippen LogP contribution in [0.1, 0.15) is 36.8 Å². The minimum absolute atomic E-state index is 0.0847. The van der Waals surface area contributed by atoms with E-state index in [9.17, 15) is 0 Å². The molecule has 0 saturated carbocycles. The zero-order chi connectivity index (χ0) is 17.2. The van der Waals surface area contributed by atoms with Crippen molar-refractivity contribution in [2.45, 2.75) is 39.0 Å². The Morgan fingerprint density at radius 2 is 2.00 bits per heavy atom. The van der Waals surface area contributed by atoms with E-state index in [1.54, 1.807) is 6.33 Å². The molecule has 3 heterocycles. The molecule has 0 aliphatic carbocycles. The molecule has 1 fully saturated rings. The van der Waals surface area contributed by atoms with Gasteiger partial charge in [-0.2, -0.15) is 0 Å². The summed E-state index contributed by atoms with van der Waals surface area (Å²) in [4.78, 5) is 14.1. The predicted octanol–water partition coefficient (Wildman–Crippen LogP) is 2.82. The Morgan fingerprint density at radius 3 is 2.80 bits per heavy atom. The summed E-state index contributed by atoms with van der Waals surface area (Å²) in [5.41, 5.74) is 3.75. The highest BCUT2D eigenvalue weighted by molar-refractivity contribution is 5.50. The van der Waals surface area contributed by atoms with Crippen LogP contribution in [-0.2, 0) is 17.7 Å². The van der Waals surface area contributed by atoms with E-state index in [2.05, 4.69) is 57.9 Å². The first-order chi connectivity index (χ1) is 12.2. The molecule has 0 bridgehead atoms. The van der Waals surface area contributed by atoms with Crippen molar-refractivity contribution in [3.63, 3.8) is 0 Å². The highest BCUT2D eigenvalue weighted by atomic mass is 16.5. The van der Waals surface area contributed by atoms with Crippen LogP contribution in [0.4, 0.5) is 5.82 Å². The van der Waals surface area contributed by atoms with Crippen molar-refractivity contribution in [2.24, 2.45) is 0 Å². The number of nitrogens with zero attached hydrogens (tertiary/aromatic N) is 4. The first-order valence-corrected chi connectivity index (χ1v) is 9.25. The second kappa shape index (κ2) is 7.10. The van der Waals surface area contributed by atoms with Gasteiger partial charge in [0, 0.05) is 38.2 Å². The maximum absolute atomic E-state index is 6.21. The molecular formula is C20H26N4O. The normalized spacial score (nSPS) is 24.2. The lowest BCUT2D eigenvalue weighted by atomic mass is 10.0. The van der Waals surface area contributed by atoms with Crippen LogP contribution in [0.15, 0.2) is 36.7 Å². The molecule has 0 amide bonds. The number of benzene rings is 1. The summed E-state index contributed by atoms with van der Waals surface area (Å²) in [5.74, 6) is 1.10. The van der Waals surface area contributed by atoms with E-state index in [1.165, 1.54) is 16.8 Å². The fraction of sp³-hybridized carbons (Fsp3) is 0.500. The van der Waals surface area contributed by atoms with Crippen molar-refractivity contribution >= 4 is 5.82 Å². The van der Waals surface area contributed by atoms with E-state index < -0.39 is 0 Å². The molecule has 2 atom stereocenters. The molecule has 0 unspecified atom stereocenters. The van der Waals surface area contributed by atoms with Gasteiger partial charge in [-0.1, -0.05) is 37.3 Å². The zero-order valence-electron chi connectivity index (χ0n) is 15.1. The molecule has 1 aromatic heterocycles. The average Bonchev–Trinajstić information content (AvgIpc) is 2.67. The summed E-state index contributed by atoms with van der Waals surface area (Å²) in [6, 6.07) is 10.5. The Labute approximate surface area is 149 Å². The third kappa shape index (κ3) is 3.39. The number of fused-ring (bicyclic) bond motifs is 1. The number of hydrogen-bond acceptors (Lipinski definition) is 5. The molecule has 5 heteroatoms. The van der Waals surface area contributed by atoms with Crippen molar-refractivity contribution in [1.82, 2.24) is 14.9 Å². The average molecular weight is 338 g/mol. The summed E-state index contributed by atoms with van der Waals surface area (Å²) in [6.45, 7) is 9.18. The Bertz CT molecular complexity index is 721. The van der Waals surface area contributed by atoms with Gasteiger partial charge in [0.1, 0.15) is 18.2 Å². The quantitative estimate of drug-likeness (QED) is 0.861. The van der Waals surface area contributed by atoms with Gasteiger partial charge in [-0.25, -0.2) is 9.97 Å². The van der Waals surface area contributed by atoms with Crippen molar-refractivity contribution in [3.8, 4) is 0 Å². The topological polar surface area (TPSA) is 41.5 Å². The van der Waals surface area contributed by atoms with E-state index in [0.717, 1.165) is 45.0 Å². The zero-order valence-corrected chi connectivity index (χ0v) is 15.1. The van der Waals surface area contributed by atoms with Crippen molar-refractivity contribution in [2.75, 3.05) is 31.1 Å². The minimum Gasteiger partial charge on any atom is -0.367 e. The lowest BCUT2D eigenvalue weighted by Gasteiger charge is -2.39. The van der Waals surface area contributed by atoms with Gasteiger partial charge in [-0.3, -0.25) is 4.90 Å². The SMILES string of the molecule is CCN1CCc2ncnc(N3C[C@@H](C)O[C@H](c4ccccc4)C3)c2C1. The maximum atomic E-state index is 6.21. The molecule has 132 valence electrons. The Kier molecular flexibility index (Phi) is 4.68. The Morgan fingerprint density at radius 1 is 1.16 bits per heavy atom. The van der Waals surface area contributed by atoms with Gasteiger partial charge in [0.15, 0.2) is 0 Å². The highest BCUT2D eigenvalue weighted by Gasteiger charge is 2.30. The van der Waals surface area contributed by atoms with Crippen LogP contribution >= 0.6 is 0 Å². The van der Waals surface area contributed by atoms with Gasteiger partial charge in [0.05, 0.1) is 11.8 Å². The molecule has 2 aromatic rings. The molecule has 2 aliphatic rings. The number of ether oxygens (including phenoxy) is 1. The lowest BCUT2D eigenvalue weighted by molar-refractivity contribution is -0.0177. The highest BCUT2D eigenvalue weighted by Crippen LogP contribution is 2.31. The minimum atomic E-state index is 0.0847. The summed E-state index contributed by atoms with van der Waals surface area (Å²) in [6.07, 6.45) is 3.01. The van der Waals surface area contributed by atoms with Gasteiger partial charge in [0.2, 0.25) is 0 Å². The molecule has 1 aromatic carbocycles.